The van der Waals surface area contributed by atoms with Crippen LogP contribution in [0.4, 0.5) is 20.4 Å². The molecule has 3 aromatic rings. The van der Waals surface area contributed by atoms with Crippen molar-refractivity contribution >= 4 is 33.5 Å². The molecule has 230 valence electrons. The number of carbonyl (C=O) groups is 2. The molecule has 0 unspecified atom stereocenters. The van der Waals surface area contributed by atoms with Gasteiger partial charge >= 0.3 is 5.97 Å². The number of nitrogens with zero attached hydrogens (tertiary/aromatic N) is 3. The van der Waals surface area contributed by atoms with Crippen molar-refractivity contribution in [3.05, 3.63) is 78.1 Å². The number of carboxylic acids is 1. The second kappa shape index (κ2) is 12.6. The summed E-state index contributed by atoms with van der Waals surface area (Å²) >= 11 is 0. The molecule has 2 heterocycles. The lowest BCUT2D eigenvalue weighted by molar-refractivity contribution is -0.148. The Balaban J connectivity index is 1.48. The number of aromatic nitrogens is 2. The molecule has 1 fully saturated rings. The molecule has 1 aliphatic heterocycles. The predicted molar refractivity (Wildman–Crippen MR) is 156 cm³/mol. The zero-order valence-electron chi connectivity index (χ0n) is 24.0. The third kappa shape index (κ3) is 6.91. The van der Waals surface area contributed by atoms with E-state index in [1.54, 1.807) is 29.4 Å². The summed E-state index contributed by atoms with van der Waals surface area (Å²) in [5.74, 6) is -4.77. The summed E-state index contributed by atoms with van der Waals surface area (Å²) in [6, 6.07) is 11.3. The van der Waals surface area contributed by atoms with Gasteiger partial charge in [-0.1, -0.05) is 39.0 Å². The maximum atomic E-state index is 15.2. The summed E-state index contributed by atoms with van der Waals surface area (Å²) < 4.78 is 58.9. The van der Waals surface area contributed by atoms with Gasteiger partial charge in [0, 0.05) is 38.1 Å². The number of rotatable bonds is 10. The summed E-state index contributed by atoms with van der Waals surface area (Å²) in [6.07, 6.45) is 4.47. The molecule has 1 saturated heterocycles. The van der Waals surface area contributed by atoms with Gasteiger partial charge in [-0.3, -0.25) is 9.59 Å². The number of hydrogen-bond donors (Lipinski definition) is 4. The molecule has 1 amide bonds. The Morgan fingerprint density at radius 2 is 1.60 bits per heavy atom. The Morgan fingerprint density at radius 1 is 0.977 bits per heavy atom. The minimum absolute atomic E-state index is 0.00587. The van der Waals surface area contributed by atoms with Crippen molar-refractivity contribution in [2.45, 2.75) is 50.1 Å². The van der Waals surface area contributed by atoms with Gasteiger partial charge in [0.25, 0.3) is 5.91 Å². The van der Waals surface area contributed by atoms with Crippen molar-refractivity contribution in [2.24, 2.45) is 5.41 Å². The summed E-state index contributed by atoms with van der Waals surface area (Å²) in [7, 11) is -4.35. The van der Waals surface area contributed by atoms with E-state index >= 15 is 8.78 Å². The zero-order valence-corrected chi connectivity index (χ0v) is 24.8. The summed E-state index contributed by atoms with van der Waals surface area (Å²) in [4.78, 5) is 35.4. The standard InChI is InChI=1S/C29H34F2N6O5S/c1-28(2,3)29(26(39)40,36-43(41,42)20-8-5-4-6-9-20)18-34-25(38)21-10-11-22(24(31)23(21)30)37-16-12-19(13-17-37)35-27-32-14-7-15-33-27/h4-11,14-15,19,36H,12-13,16-18H2,1-3H3,(H,34,38)(H,39,40)(H,32,33,35)/t29-/m1/s1. The van der Waals surface area contributed by atoms with Crippen molar-refractivity contribution in [3.8, 4) is 0 Å². The second-order valence-electron chi connectivity index (χ2n) is 11.3. The number of piperidine rings is 1. The van der Waals surface area contributed by atoms with Crippen LogP contribution in [0.15, 0.2) is 65.8 Å². The van der Waals surface area contributed by atoms with Gasteiger partial charge in [-0.2, -0.15) is 4.72 Å². The number of sulfonamides is 1. The van der Waals surface area contributed by atoms with Crippen molar-refractivity contribution in [1.29, 1.82) is 0 Å². The summed E-state index contributed by atoms with van der Waals surface area (Å²) in [5, 5.41) is 15.7. The number of anilines is 2. The lowest BCUT2D eigenvalue weighted by Gasteiger charge is -2.41. The molecule has 2 aromatic carbocycles. The van der Waals surface area contributed by atoms with Gasteiger partial charge in [0.1, 0.15) is 0 Å². The molecule has 0 spiro atoms. The van der Waals surface area contributed by atoms with Crippen LogP contribution in [0.25, 0.3) is 0 Å². The molecule has 11 nitrogen and oxygen atoms in total. The van der Waals surface area contributed by atoms with Crippen molar-refractivity contribution in [3.63, 3.8) is 0 Å². The van der Waals surface area contributed by atoms with Crippen molar-refractivity contribution < 1.29 is 31.9 Å². The average Bonchev–Trinajstić information content (AvgIpc) is 2.97. The van der Waals surface area contributed by atoms with Crippen LogP contribution >= 0.6 is 0 Å². The number of benzene rings is 2. The van der Waals surface area contributed by atoms with Gasteiger partial charge in [-0.05, 0) is 48.6 Å². The van der Waals surface area contributed by atoms with E-state index in [9.17, 15) is 23.1 Å². The number of aliphatic carboxylic acids is 1. The first-order valence-electron chi connectivity index (χ1n) is 13.6. The molecule has 0 bridgehead atoms. The minimum atomic E-state index is -4.35. The smallest absolute Gasteiger partial charge is 0.327 e. The Labute approximate surface area is 248 Å². The van der Waals surface area contributed by atoms with E-state index in [4.69, 9.17) is 0 Å². The van der Waals surface area contributed by atoms with E-state index < -0.39 is 56.6 Å². The van der Waals surface area contributed by atoms with Crippen LogP contribution in [-0.2, 0) is 14.8 Å². The first-order valence-corrected chi connectivity index (χ1v) is 15.1. The van der Waals surface area contributed by atoms with E-state index in [2.05, 4.69) is 25.3 Å². The summed E-state index contributed by atoms with van der Waals surface area (Å²) in [6.45, 7) is 4.55. The van der Waals surface area contributed by atoms with E-state index in [1.807, 2.05) is 0 Å². The maximum absolute atomic E-state index is 15.2. The highest BCUT2D eigenvalue weighted by Crippen LogP contribution is 2.33. The Kier molecular flexibility index (Phi) is 9.30. The van der Waals surface area contributed by atoms with Gasteiger partial charge in [0.05, 0.1) is 16.1 Å². The van der Waals surface area contributed by atoms with Gasteiger partial charge in [0.15, 0.2) is 17.2 Å². The molecule has 4 N–H and O–H groups in total. The van der Waals surface area contributed by atoms with Crippen LogP contribution in [-0.4, -0.2) is 66.6 Å². The number of nitrogens with one attached hydrogen (secondary N) is 3. The third-order valence-electron chi connectivity index (χ3n) is 7.56. The number of carbonyl (C=O) groups excluding carboxylic acids is 1. The molecule has 1 aliphatic rings. The molecule has 0 radical (unpaired) electrons. The Bertz CT molecular complexity index is 1560. The Morgan fingerprint density at radius 3 is 2.19 bits per heavy atom. The number of amides is 1. The molecular weight excluding hydrogens is 582 g/mol. The van der Waals surface area contributed by atoms with E-state index in [1.165, 1.54) is 51.1 Å². The SMILES string of the molecule is CC(C)(C)[C@](CNC(=O)c1ccc(N2CCC(Nc3ncccn3)CC2)c(F)c1F)(NS(=O)(=O)c1ccccc1)C(=O)O. The van der Waals surface area contributed by atoms with E-state index in [-0.39, 0.29) is 16.6 Å². The lowest BCUT2D eigenvalue weighted by atomic mass is 9.74. The number of hydrogen-bond acceptors (Lipinski definition) is 8. The number of halogens is 2. The summed E-state index contributed by atoms with van der Waals surface area (Å²) in [5.41, 5.74) is -4.16. The molecule has 4 rings (SSSR count). The fourth-order valence-corrected chi connectivity index (χ4v) is 6.43. The zero-order chi connectivity index (χ0) is 31.4. The quantitative estimate of drug-likeness (QED) is 0.268. The van der Waals surface area contributed by atoms with Crippen LogP contribution in [0.1, 0.15) is 44.0 Å². The van der Waals surface area contributed by atoms with Crippen LogP contribution < -0.4 is 20.3 Å². The lowest BCUT2D eigenvalue weighted by Crippen LogP contribution is -2.67. The van der Waals surface area contributed by atoms with Gasteiger partial charge in [0.2, 0.25) is 16.0 Å². The van der Waals surface area contributed by atoms with Crippen molar-refractivity contribution in [2.75, 3.05) is 29.9 Å². The van der Waals surface area contributed by atoms with Gasteiger partial charge < -0.3 is 20.6 Å². The molecule has 43 heavy (non-hydrogen) atoms. The van der Waals surface area contributed by atoms with Crippen LogP contribution in [0, 0.1) is 17.0 Å². The van der Waals surface area contributed by atoms with E-state index in [0.717, 1.165) is 6.07 Å². The van der Waals surface area contributed by atoms with Gasteiger partial charge in [-0.25, -0.2) is 27.2 Å². The number of carboxylic acid groups (broad SMARTS) is 1. The second-order valence-corrected chi connectivity index (χ2v) is 13.0. The van der Waals surface area contributed by atoms with E-state index in [0.29, 0.717) is 31.9 Å². The fourth-order valence-electron chi connectivity index (χ4n) is 4.87. The van der Waals surface area contributed by atoms with Crippen LogP contribution in [0.3, 0.4) is 0 Å². The van der Waals surface area contributed by atoms with Crippen LogP contribution in [0.5, 0.6) is 0 Å². The normalized spacial score (nSPS) is 15.9. The van der Waals surface area contributed by atoms with Crippen LogP contribution in [0.2, 0.25) is 0 Å². The molecular formula is C29H34F2N6O5S. The molecule has 1 aromatic heterocycles. The highest BCUT2D eigenvalue weighted by molar-refractivity contribution is 7.89. The molecule has 0 aliphatic carbocycles. The highest BCUT2D eigenvalue weighted by Gasteiger charge is 2.52. The molecule has 14 heteroatoms. The minimum Gasteiger partial charge on any atom is -0.480 e. The Hall–Kier alpha value is -4.17. The van der Waals surface area contributed by atoms with Crippen molar-refractivity contribution in [1.82, 2.24) is 20.0 Å². The average molecular weight is 617 g/mol. The maximum Gasteiger partial charge on any atom is 0.327 e. The monoisotopic (exact) mass is 616 g/mol. The van der Waals surface area contributed by atoms with Gasteiger partial charge in [-0.15, -0.1) is 0 Å². The first-order chi connectivity index (χ1) is 20.2. The first kappa shape index (κ1) is 31.8. The molecule has 0 saturated carbocycles. The largest absolute Gasteiger partial charge is 0.480 e. The third-order valence-corrected chi connectivity index (χ3v) is 9.07. The molecule has 1 atom stereocenters. The predicted octanol–water partition coefficient (Wildman–Crippen LogP) is 3.41. The highest BCUT2D eigenvalue weighted by atomic mass is 32.2. The fraction of sp³-hybridized carbons (Fsp3) is 0.379. The topological polar surface area (TPSA) is 154 Å².